The van der Waals surface area contributed by atoms with Crippen LogP contribution in [0.15, 0.2) is 18.2 Å². The molecule has 0 aliphatic rings. The van der Waals surface area contributed by atoms with Crippen LogP contribution in [0.2, 0.25) is 0 Å². The molecular formula is C17H27NO3. The van der Waals surface area contributed by atoms with E-state index in [-0.39, 0.29) is 5.91 Å². The Labute approximate surface area is 127 Å². The van der Waals surface area contributed by atoms with E-state index >= 15 is 0 Å². The van der Waals surface area contributed by atoms with E-state index in [4.69, 9.17) is 9.47 Å². The molecule has 1 rings (SSSR count). The molecule has 0 saturated carbocycles. The number of amides is 1. The summed E-state index contributed by atoms with van der Waals surface area (Å²) in [6, 6.07) is 5.23. The molecule has 0 fully saturated rings. The van der Waals surface area contributed by atoms with Gasteiger partial charge in [-0.1, -0.05) is 33.1 Å². The molecule has 1 amide bonds. The zero-order chi connectivity index (χ0) is 15.7. The summed E-state index contributed by atoms with van der Waals surface area (Å²) in [6.07, 6.45) is 4.64. The third kappa shape index (κ3) is 5.29. The Bertz CT molecular complexity index is 446. The van der Waals surface area contributed by atoms with Gasteiger partial charge in [-0.15, -0.1) is 0 Å². The van der Waals surface area contributed by atoms with Crippen molar-refractivity contribution in [3.8, 4) is 11.5 Å². The lowest BCUT2D eigenvalue weighted by atomic mass is 9.99. The summed E-state index contributed by atoms with van der Waals surface area (Å²) in [5, 5.41) is 3.01. The van der Waals surface area contributed by atoms with Crippen LogP contribution in [0.4, 0.5) is 0 Å². The second kappa shape index (κ2) is 9.27. The summed E-state index contributed by atoms with van der Waals surface area (Å²) < 4.78 is 10.4. The van der Waals surface area contributed by atoms with Crippen LogP contribution >= 0.6 is 0 Å². The van der Waals surface area contributed by atoms with Crippen molar-refractivity contribution >= 4 is 5.91 Å². The molecule has 118 valence electrons. The first-order valence-corrected chi connectivity index (χ1v) is 7.66. The predicted octanol–water partition coefficient (Wildman–Crippen LogP) is 3.65. The molecule has 1 atom stereocenters. The van der Waals surface area contributed by atoms with Crippen LogP contribution in [0, 0.1) is 5.92 Å². The Morgan fingerprint density at radius 2 is 2.00 bits per heavy atom. The number of hydrogen-bond donors (Lipinski definition) is 1. The quantitative estimate of drug-likeness (QED) is 0.756. The van der Waals surface area contributed by atoms with Gasteiger partial charge < -0.3 is 14.8 Å². The first kappa shape index (κ1) is 17.3. The number of benzene rings is 1. The number of unbranched alkanes of at least 4 members (excludes halogenated alkanes) is 1. The maximum atomic E-state index is 12.3. The highest BCUT2D eigenvalue weighted by Crippen LogP contribution is 2.24. The molecule has 0 saturated heterocycles. The van der Waals surface area contributed by atoms with Crippen molar-refractivity contribution in [2.24, 2.45) is 5.92 Å². The average molecular weight is 293 g/mol. The fourth-order valence-electron chi connectivity index (χ4n) is 2.26. The van der Waals surface area contributed by atoms with Crippen LogP contribution in [0.1, 0.15) is 49.9 Å². The number of ether oxygens (including phenoxy) is 2. The third-order valence-electron chi connectivity index (χ3n) is 3.75. The van der Waals surface area contributed by atoms with E-state index in [2.05, 4.69) is 19.2 Å². The van der Waals surface area contributed by atoms with Crippen molar-refractivity contribution in [3.63, 3.8) is 0 Å². The molecule has 1 aromatic carbocycles. The molecular weight excluding hydrogens is 266 g/mol. The van der Waals surface area contributed by atoms with E-state index in [1.54, 1.807) is 32.4 Å². The molecule has 0 bridgehead atoms. The van der Waals surface area contributed by atoms with Gasteiger partial charge in [-0.05, 0) is 24.5 Å². The van der Waals surface area contributed by atoms with Gasteiger partial charge >= 0.3 is 0 Å². The van der Waals surface area contributed by atoms with Crippen molar-refractivity contribution in [1.82, 2.24) is 5.32 Å². The van der Waals surface area contributed by atoms with Crippen molar-refractivity contribution in [1.29, 1.82) is 0 Å². The third-order valence-corrected chi connectivity index (χ3v) is 3.75. The topological polar surface area (TPSA) is 47.6 Å². The lowest BCUT2D eigenvalue weighted by Crippen LogP contribution is -2.29. The van der Waals surface area contributed by atoms with Gasteiger partial charge in [0.25, 0.3) is 5.91 Å². The molecule has 4 nitrogen and oxygen atoms in total. The molecule has 1 unspecified atom stereocenters. The van der Waals surface area contributed by atoms with Gasteiger partial charge in [-0.3, -0.25) is 4.79 Å². The van der Waals surface area contributed by atoms with Gasteiger partial charge in [0.05, 0.1) is 19.8 Å². The maximum absolute atomic E-state index is 12.3. The normalized spacial score (nSPS) is 11.8. The highest BCUT2D eigenvalue weighted by atomic mass is 16.5. The smallest absolute Gasteiger partial charge is 0.255 e. The van der Waals surface area contributed by atoms with Crippen molar-refractivity contribution in [2.45, 2.75) is 39.5 Å². The van der Waals surface area contributed by atoms with E-state index in [1.165, 1.54) is 12.8 Å². The molecule has 1 aromatic rings. The summed E-state index contributed by atoms with van der Waals surface area (Å²) in [4.78, 5) is 12.3. The lowest BCUT2D eigenvalue weighted by molar-refractivity contribution is 0.0942. The Morgan fingerprint density at radius 1 is 1.24 bits per heavy atom. The second-order valence-corrected chi connectivity index (χ2v) is 5.19. The number of nitrogens with one attached hydrogen (secondary N) is 1. The van der Waals surface area contributed by atoms with Gasteiger partial charge in [0.1, 0.15) is 11.5 Å². The summed E-state index contributed by atoms with van der Waals surface area (Å²) in [6.45, 7) is 5.07. The molecule has 0 spiro atoms. The highest BCUT2D eigenvalue weighted by molar-refractivity contribution is 5.97. The van der Waals surface area contributed by atoms with E-state index in [9.17, 15) is 4.79 Å². The average Bonchev–Trinajstić information content (AvgIpc) is 2.54. The minimum Gasteiger partial charge on any atom is -0.497 e. The number of rotatable bonds is 9. The minimum atomic E-state index is -0.0931. The van der Waals surface area contributed by atoms with Crippen molar-refractivity contribution in [3.05, 3.63) is 23.8 Å². The molecule has 0 aliphatic heterocycles. The summed E-state index contributed by atoms with van der Waals surface area (Å²) in [5.41, 5.74) is 0.545. The van der Waals surface area contributed by atoms with Crippen molar-refractivity contribution < 1.29 is 14.3 Å². The van der Waals surface area contributed by atoms with Gasteiger partial charge in [0, 0.05) is 12.6 Å². The second-order valence-electron chi connectivity index (χ2n) is 5.19. The Morgan fingerprint density at radius 3 is 2.57 bits per heavy atom. The van der Waals surface area contributed by atoms with Gasteiger partial charge in [0.2, 0.25) is 0 Å². The Hall–Kier alpha value is -1.71. The Balaban J connectivity index is 2.66. The fraction of sp³-hybridized carbons (Fsp3) is 0.588. The molecule has 0 heterocycles. The number of carbonyl (C=O) groups excluding carboxylic acids is 1. The minimum absolute atomic E-state index is 0.0931. The van der Waals surface area contributed by atoms with E-state index < -0.39 is 0 Å². The predicted molar refractivity (Wildman–Crippen MR) is 85.2 cm³/mol. The summed E-state index contributed by atoms with van der Waals surface area (Å²) in [7, 11) is 3.15. The molecule has 0 radical (unpaired) electrons. The van der Waals surface area contributed by atoms with Crippen LogP contribution in [-0.4, -0.2) is 26.7 Å². The maximum Gasteiger partial charge on any atom is 0.255 e. The van der Waals surface area contributed by atoms with Crippen LogP contribution < -0.4 is 14.8 Å². The molecule has 0 aliphatic carbocycles. The summed E-state index contributed by atoms with van der Waals surface area (Å²) in [5.74, 6) is 1.66. The van der Waals surface area contributed by atoms with Crippen LogP contribution in [-0.2, 0) is 0 Å². The molecule has 0 aromatic heterocycles. The number of carbonyl (C=O) groups is 1. The SMILES string of the molecule is CCCCC(CC)CNC(=O)c1ccc(OC)cc1OC. The zero-order valence-corrected chi connectivity index (χ0v) is 13.6. The largest absolute Gasteiger partial charge is 0.497 e. The van der Waals surface area contributed by atoms with E-state index in [0.717, 1.165) is 12.8 Å². The first-order chi connectivity index (χ1) is 10.2. The molecule has 1 N–H and O–H groups in total. The Kier molecular flexibility index (Phi) is 7.65. The van der Waals surface area contributed by atoms with Crippen molar-refractivity contribution in [2.75, 3.05) is 20.8 Å². The van der Waals surface area contributed by atoms with E-state index in [1.807, 2.05) is 0 Å². The number of methoxy groups -OCH3 is 2. The van der Waals surface area contributed by atoms with Gasteiger partial charge in [0.15, 0.2) is 0 Å². The van der Waals surface area contributed by atoms with E-state index in [0.29, 0.717) is 29.5 Å². The fourth-order valence-corrected chi connectivity index (χ4v) is 2.26. The summed E-state index contributed by atoms with van der Waals surface area (Å²) >= 11 is 0. The molecule has 21 heavy (non-hydrogen) atoms. The van der Waals surface area contributed by atoms with Gasteiger partial charge in [-0.25, -0.2) is 0 Å². The first-order valence-electron chi connectivity index (χ1n) is 7.66. The zero-order valence-electron chi connectivity index (χ0n) is 13.6. The van der Waals surface area contributed by atoms with Crippen LogP contribution in [0.25, 0.3) is 0 Å². The molecule has 4 heteroatoms. The number of hydrogen-bond acceptors (Lipinski definition) is 3. The standard InChI is InChI=1S/C17H27NO3/c1-5-7-8-13(6-2)12-18-17(19)15-10-9-14(20-3)11-16(15)21-4/h9-11,13H,5-8,12H2,1-4H3,(H,18,19). The van der Waals surface area contributed by atoms with Gasteiger partial charge in [-0.2, -0.15) is 0 Å². The highest BCUT2D eigenvalue weighted by Gasteiger charge is 2.14. The van der Waals surface area contributed by atoms with Crippen LogP contribution in [0.3, 0.4) is 0 Å². The monoisotopic (exact) mass is 293 g/mol. The lowest BCUT2D eigenvalue weighted by Gasteiger charge is -2.16. The van der Waals surface area contributed by atoms with Crippen LogP contribution in [0.5, 0.6) is 11.5 Å².